The molecule has 0 radical (unpaired) electrons. The maximum absolute atomic E-state index is 11.2. The van der Waals surface area contributed by atoms with E-state index in [1.807, 2.05) is 0 Å². The zero-order chi connectivity index (χ0) is 13.7. The largest absolute Gasteiger partial charge is 0.301 e. The molecule has 3 N–H and O–H groups in total. The Morgan fingerprint density at radius 3 is 2.42 bits per heavy atom. The average molecular weight is 267 g/mol. The zero-order valence-electron chi connectivity index (χ0n) is 12.3. The third-order valence-corrected chi connectivity index (χ3v) is 5.35. The SMILES string of the molecule is CC(CCC(=O)NN)N1CCC2(CCCCC2)CC1. The van der Waals surface area contributed by atoms with Crippen LogP contribution in [0.25, 0.3) is 0 Å². The second-order valence-corrected chi connectivity index (χ2v) is 6.55. The van der Waals surface area contributed by atoms with E-state index >= 15 is 0 Å². The van der Waals surface area contributed by atoms with E-state index in [-0.39, 0.29) is 5.91 Å². The lowest BCUT2D eigenvalue weighted by Crippen LogP contribution is -2.45. The lowest BCUT2D eigenvalue weighted by atomic mass is 9.68. The molecule has 0 bridgehead atoms. The van der Waals surface area contributed by atoms with Crippen LogP contribution in [-0.4, -0.2) is 29.9 Å². The molecule has 4 nitrogen and oxygen atoms in total. The highest BCUT2D eigenvalue weighted by Crippen LogP contribution is 2.44. The number of nitrogens with one attached hydrogen (secondary N) is 1. The number of piperidine rings is 1. The average Bonchev–Trinajstić information content (AvgIpc) is 2.46. The molecule has 1 aliphatic carbocycles. The number of hydrogen-bond donors (Lipinski definition) is 2. The molecule has 2 aliphatic rings. The van der Waals surface area contributed by atoms with Crippen molar-refractivity contribution in [3.63, 3.8) is 0 Å². The molecular formula is C15H29N3O. The first-order valence-corrected chi connectivity index (χ1v) is 7.89. The fourth-order valence-corrected chi connectivity index (χ4v) is 3.84. The molecule has 1 saturated heterocycles. The molecule has 1 saturated carbocycles. The van der Waals surface area contributed by atoms with E-state index in [4.69, 9.17) is 5.84 Å². The molecule has 19 heavy (non-hydrogen) atoms. The summed E-state index contributed by atoms with van der Waals surface area (Å²) in [6.07, 6.45) is 11.4. The predicted molar refractivity (Wildman–Crippen MR) is 77.4 cm³/mol. The number of hydrogen-bond acceptors (Lipinski definition) is 3. The molecular weight excluding hydrogens is 238 g/mol. The summed E-state index contributed by atoms with van der Waals surface area (Å²) in [5, 5.41) is 0. The van der Waals surface area contributed by atoms with E-state index in [9.17, 15) is 4.79 Å². The summed E-state index contributed by atoms with van der Waals surface area (Å²) in [4.78, 5) is 13.7. The van der Waals surface area contributed by atoms with E-state index in [2.05, 4.69) is 17.2 Å². The van der Waals surface area contributed by atoms with Crippen molar-refractivity contribution in [3.05, 3.63) is 0 Å². The van der Waals surface area contributed by atoms with Crippen molar-refractivity contribution < 1.29 is 4.79 Å². The Balaban J connectivity index is 1.74. The standard InChI is InChI=1S/C15H29N3O/c1-13(5-6-14(19)17-16)18-11-9-15(10-12-18)7-3-2-4-8-15/h13H,2-12,16H2,1H3,(H,17,19). The van der Waals surface area contributed by atoms with Gasteiger partial charge in [0, 0.05) is 12.5 Å². The zero-order valence-corrected chi connectivity index (χ0v) is 12.3. The number of carbonyl (C=O) groups excluding carboxylic acids is 1. The summed E-state index contributed by atoms with van der Waals surface area (Å²) in [5.41, 5.74) is 2.88. The fourth-order valence-electron chi connectivity index (χ4n) is 3.84. The first kappa shape index (κ1) is 14.8. The van der Waals surface area contributed by atoms with Gasteiger partial charge in [-0.15, -0.1) is 0 Å². The first-order valence-electron chi connectivity index (χ1n) is 7.89. The molecule has 1 heterocycles. The number of hydrazine groups is 1. The van der Waals surface area contributed by atoms with Crippen LogP contribution >= 0.6 is 0 Å². The minimum atomic E-state index is -0.0485. The number of amides is 1. The summed E-state index contributed by atoms with van der Waals surface area (Å²) < 4.78 is 0. The van der Waals surface area contributed by atoms with Crippen molar-refractivity contribution in [2.75, 3.05) is 13.1 Å². The minimum Gasteiger partial charge on any atom is -0.301 e. The van der Waals surface area contributed by atoms with E-state index in [0.717, 1.165) is 6.42 Å². The van der Waals surface area contributed by atoms with Gasteiger partial charge in [0.15, 0.2) is 0 Å². The van der Waals surface area contributed by atoms with Crippen molar-refractivity contribution in [3.8, 4) is 0 Å². The van der Waals surface area contributed by atoms with Gasteiger partial charge in [-0.3, -0.25) is 10.2 Å². The third kappa shape index (κ3) is 3.93. The Hall–Kier alpha value is -0.610. The Kier molecular flexibility index (Phi) is 5.22. The maximum Gasteiger partial charge on any atom is 0.233 e. The van der Waals surface area contributed by atoms with Gasteiger partial charge in [-0.25, -0.2) is 5.84 Å². The summed E-state index contributed by atoms with van der Waals surface area (Å²) in [7, 11) is 0. The van der Waals surface area contributed by atoms with Crippen LogP contribution in [0.2, 0.25) is 0 Å². The van der Waals surface area contributed by atoms with Crippen LogP contribution in [0, 0.1) is 5.41 Å². The summed E-state index contributed by atoms with van der Waals surface area (Å²) in [6.45, 7) is 4.67. The quantitative estimate of drug-likeness (QED) is 0.466. The van der Waals surface area contributed by atoms with Crippen molar-refractivity contribution >= 4 is 5.91 Å². The second-order valence-electron chi connectivity index (χ2n) is 6.55. The summed E-state index contributed by atoms with van der Waals surface area (Å²) in [5.74, 6) is 5.07. The number of carbonyl (C=O) groups is 1. The van der Waals surface area contributed by atoms with Crippen molar-refractivity contribution in [2.45, 2.75) is 70.8 Å². The smallest absolute Gasteiger partial charge is 0.233 e. The molecule has 1 spiro atoms. The maximum atomic E-state index is 11.2. The monoisotopic (exact) mass is 267 g/mol. The molecule has 2 fully saturated rings. The van der Waals surface area contributed by atoms with Gasteiger partial charge in [-0.05, 0) is 57.5 Å². The van der Waals surface area contributed by atoms with E-state index in [1.165, 1.54) is 58.0 Å². The van der Waals surface area contributed by atoms with E-state index in [1.54, 1.807) is 0 Å². The van der Waals surface area contributed by atoms with Crippen LogP contribution in [0.1, 0.15) is 64.7 Å². The summed E-state index contributed by atoms with van der Waals surface area (Å²) in [6, 6.07) is 0.498. The lowest BCUT2D eigenvalue weighted by Gasteiger charge is -2.46. The Morgan fingerprint density at radius 2 is 1.84 bits per heavy atom. The molecule has 2 rings (SSSR count). The molecule has 0 aromatic heterocycles. The molecule has 4 heteroatoms. The molecule has 1 atom stereocenters. The molecule has 1 amide bonds. The van der Waals surface area contributed by atoms with E-state index < -0.39 is 0 Å². The third-order valence-electron chi connectivity index (χ3n) is 5.35. The van der Waals surface area contributed by atoms with Crippen LogP contribution in [0.5, 0.6) is 0 Å². The minimum absolute atomic E-state index is 0.0485. The Labute approximate surface area is 117 Å². The van der Waals surface area contributed by atoms with Gasteiger partial charge in [0.2, 0.25) is 5.91 Å². The first-order chi connectivity index (χ1) is 9.15. The summed E-state index contributed by atoms with van der Waals surface area (Å²) >= 11 is 0. The van der Waals surface area contributed by atoms with Crippen LogP contribution < -0.4 is 11.3 Å². The molecule has 1 aliphatic heterocycles. The van der Waals surface area contributed by atoms with Crippen LogP contribution in [0.15, 0.2) is 0 Å². The van der Waals surface area contributed by atoms with Crippen LogP contribution in [0.3, 0.4) is 0 Å². The second kappa shape index (κ2) is 6.71. The van der Waals surface area contributed by atoms with Crippen molar-refractivity contribution in [2.24, 2.45) is 11.3 Å². The molecule has 1 unspecified atom stereocenters. The van der Waals surface area contributed by atoms with Gasteiger partial charge in [0.25, 0.3) is 0 Å². The van der Waals surface area contributed by atoms with Gasteiger partial charge in [0.05, 0.1) is 0 Å². The van der Waals surface area contributed by atoms with Crippen LogP contribution in [0.4, 0.5) is 0 Å². The predicted octanol–water partition coefficient (Wildman–Crippen LogP) is 2.19. The van der Waals surface area contributed by atoms with Crippen LogP contribution in [-0.2, 0) is 4.79 Å². The van der Waals surface area contributed by atoms with Gasteiger partial charge in [-0.2, -0.15) is 0 Å². The Morgan fingerprint density at radius 1 is 1.21 bits per heavy atom. The van der Waals surface area contributed by atoms with Gasteiger partial charge < -0.3 is 4.90 Å². The number of nitrogens with zero attached hydrogens (tertiary/aromatic N) is 1. The molecule has 110 valence electrons. The topological polar surface area (TPSA) is 58.4 Å². The lowest BCUT2D eigenvalue weighted by molar-refractivity contribution is -0.121. The van der Waals surface area contributed by atoms with Gasteiger partial charge in [-0.1, -0.05) is 19.3 Å². The van der Waals surface area contributed by atoms with Crippen molar-refractivity contribution in [1.82, 2.24) is 10.3 Å². The molecule has 0 aromatic rings. The molecule has 0 aromatic carbocycles. The van der Waals surface area contributed by atoms with E-state index in [0.29, 0.717) is 17.9 Å². The number of rotatable bonds is 4. The number of likely N-dealkylation sites (tertiary alicyclic amines) is 1. The van der Waals surface area contributed by atoms with Gasteiger partial charge >= 0.3 is 0 Å². The normalized spacial score (nSPS) is 25.2. The number of nitrogens with two attached hydrogens (primary N) is 1. The highest BCUT2D eigenvalue weighted by atomic mass is 16.2. The Bertz CT molecular complexity index is 290. The highest BCUT2D eigenvalue weighted by molar-refractivity contribution is 5.75. The van der Waals surface area contributed by atoms with Crippen molar-refractivity contribution in [1.29, 1.82) is 0 Å². The fraction of sp³-hybridized carbons (Fsp3) is 0.933. The van der Waals surface area contributed by atoms with Gasteiger partial charge in [0.1, 0.15) is 0 Å². The highest BCUT2D eigenvalue weighted by Gasteiger charge is 2.36.